The third kappa shape index (κ3) is 2.06. The van der Waals surface area contributed by atoms with E-state index in [0.717, 1.165) is 32.1 Å². The van der Waals surface area contributed by atoms with E-state index >= 15 is 0 Å². The number of aromatic nitrogens is 1. The average molecular weight is 386 g/mol. The zero-order valence-electron chi connectivity index (χ0n) is 11.0. The summed E-state index contributed by atoms with van der Waals surface area (Å²) < 4.78 is 7.17. The van der Waals surface area contributed by atoms with Gasteiger partial charge in [0.15, 0.2) is 11.5 Å². The van der Waals surface area contributed by atoms with E-state index in [2.05, 4.69) is 50.7 Å². The van der Waals surface area contributed by atoms with Crippen molar-refractivity contribution < 1.29 is 4.74 Å². The zero-order valence-corrected chi connectivity index (χ0v) is 13.2. The van der Waals surface area contributed by atoms with E-state index in [4.69, 9.17) is 4.74 Å². The minimum atomic E-state index is 0.823. The van der Waals surface area contributed by atoms with Crippen molar-refractivity contribution in [1.82, 2.24) is 4.98 Å². The number of rotatable bonds is 1. The molecule has 0 atom stereocenters. The molecule has 0 aliphatic carbocycles. The summed E-state index contributed by atoms with van der Waals surface area (Å²) in [5.74, 6) is 1.69. The van der Waals surface area contributed by atoms with Gasteiger partial charge in [0.25, 0.3) is 0 Å². The van der Waals surface area contributed by atoms with Gasteiger partial charge in [0.2, 0.25) is 0 Å². The van der Waals surface area contributed by atoms with E-state index in [-0.39, 0.29) is 0 Å². The van der Waals surface area contributed by atoms with Crippen LogP contribution in [0.15, 0.2) is 67.0 Å². The number of hydrogen-bond donors (Lipinski definition) is 0. The number of anilines is 3. The van der Waals surface area contributed by atoms with Crippen molar-refractivity contribution in [3.63, 3.8) is 0 Å². The molecule has 0 bridgehead atoms. The fraction of sp³-hybridized carbons (Fsp3) is 0. The Kier molecular flexibility index (Phi) is 3.03. The van der Waals surface area contributed by atoms with Gasteiger partial charge in [0, 0.05) is 21.5 Å². The monoisotopic (exact) mass is 386 g/mol. The van der Waals surface area contributed by atoms with E-state index in [1.165, 1.54) is 0 Å². The lowest BCUT2D eigenvalue weighted by Gasteiger charge is -2.33. The lowest BCUT2D eigenvalue weighted by molar-refractivity contribution is 0.475. The Hall–Kier alpha value is -2.08. The van der Waals surface area contributed by atoms with Gasteiger partial charge >= 0.3 is 0 Å². The van der Waals surface area contributed by atoms with Gasteiger partial charge in [-0.15, -0.1) is 0 Å². The van der Waals surface area contributed by atoms with E-state index < -0.39 is 0 Å². The smallest absolute Gasteiger partial charge is 0.154 e. The average Bonchev–Trinajstić information content (AvgIpc) is 2.54. The van der Waals surface area contributed by atoms with Crippen molar-refractivity contribution in [1.29, 1.82) is 0 Å². The number of para-hydroxylation sites is 2. The number of benzene rings is 2. The van der Waals surface area contributed by atoms with Crippen LogP contribution in [0, 0.1) is 3.57 Å². The molecule has 21 heavy (non-hydrogen) atoms. The highest BCUT2D eigenvalue weighted by Gasteiger charge is 2.27. The molecule has 1 aliphatic rings. The van der Waals surface area contributed by atoms with Gasteiger partial charge in [-0.3, -0.25) is 4.98 Å². The standard InChI is InChI=1S/C17H11IN2O/c18-13-7-4-8-16-17(13)20(12-5-2-1-3-6-12)14-11-19-10-9-15(14)21-16/h1-11H. The van der Waals surface area contributed by atoms with Crippen molar-refractivity contribution in [2.45, 2.75) is 0 Å². The van der Waals surface area contributed by atoms with Crippen LogP contribution in [-0.4, -0.2) is 4.98 Å². The summed E-state index contributed by atoms with van der Waals surface area (Å²) >= 11 is 2.34. The second kappa shape index (κ2) is 5.04. The Morgan fingerprint density at radius 2 is 1.76 bits per heavy atom. The normalized spacial score (nSPS) is 12.3. The van der Waals surface area contributed by atoms with Crippen LogP contribution < -0.4 is 9.64 Å². The minimum absolute atomic E-state index is 0.823. The summed E-state index contributed by atoms with van der Waals surface area (Å²) in [5, 5.41) is 0. The van der Waals surface area contributed by atoms with Crippen molar-refractivity contribution in [3.05, 3.63) is 70.6 Å². The molecule has 0 saturated heterocycles. The van der Waals surface area contributed by atoms with Gasteiger partial charge in [-0.05, 0) is 46.9 Å². The maximum absolute atomic E-state index is 6.02. The lowest BCUT2D eigenvalue weighted by Crippen LogP contribution is -2.17. The largest absolute Gasteiger partial charge is 0.453 e. The first kappa shape index (κ1) is 12.6. The van der Waals surface area contributed by atoms with E-state index in [9.17, 15) is 0 Å². The summed E-state index contributed by atoms with van der Waals surface area (Å²) in [6, 6.07) is 18.3. The molecule has 4 heteroatoms. The topological polar surface area (TPSA) is 25.4 Å². The van der Waals surface area contributed by atoms with Crippen LogP contribution in [0.2, 0.25) is 0 Å². The van der Waals surface area contributed by atoms with E-state index in [1.807, 2.05) is 42.6 Å². The number of pyridine rings is 1. The molecule has 1 aliphatic heterocycles. The van der Waals surface area contributed by atoms with Crippen LogP contribution in [0.1, 0.15) is 0 Å². The van der Waals surface area contributed by atoms with Crippen molar-refractivity contribution in [3.8, 4) is 11.5 Å². The number of nitrogens with zero attached hydrogens (tertiary/aromatic N) is 2. The molecule has 0 saturated carbocycles. The van der Waals surface area contributed by atoms with Gasteiger partial charge in [-0.2, -0.15) is 0 Å². The van der Waals surface area contributed by atoms with Crippen LogP contribution in [0.4, 0.5) is 17.1 Å². The highest BCUT2D eigenvalue weighted by atomic mass is 127. The van der Waals surface area contributed by atoms with Crippen molar-refractivity contribution >= 4 is 39.7 Å². The van der Waals surface area contributed by atoms with E-state index in [0.29, 0.717) is 0 Å². The van der Waals surface area contributed by atoms with Crippen molar-refractivity contribution in [2.75, 3.05) is 4.90 Å². The molecule has 0 spiro atoms. The van der Waals surface area contributed by atoms with Gasteiger partial charge in [-0.25, -0.2) is 0 Å². The van der Waals surface area contributed by atoms with Gasteiger partial charge in [-0.1, -0.05) is 24.3 Å². The highest BCUT2D eigenvalue weighted by Crippen LogP contribution is 2.51. The molecule has 0 amide bonds. The van der Waals surface area contributed by atoms with Crippen LogP contribution in [0.3, 0.4) is 0 Å². The van der Waals surface area contributed by atoms with Gasteiger partial charge < -0.3 is 9.64 Å². The summed E-state index contributed by atoms with van der Waals surface area (Å²) in [4.78, 5) is 6.45. The Morgan fingerprint density at radius 3 is 2.62 bits per heavy atom. The number of ether oxygens (including phenoxy) is 1. The minimum Gasteiger partial charge on any atom is -0.453 e. The molecule has 102 valence electrons. The second-order valence-electron chi connectivity index (χ2n) is 4.70. The van der Waals surface area contributed by atoms with Gasteiger partial charge in [0.1, 0.15) is 11.4 Å². The zero-order chi connectivity index (χ0) is 14.2. The van der Waals surface area contributed by atoms with Crippen molar-refractivity contribution in [2.24, 2.45) is 0 Å². The summed E-state index contributed by atoms with van der Waals surface area (Å²) in [5.41, 5.74) is 3.12. The molecule has 4 rings (SSSR count). The fourth-order valence-electron chi connectivity index (χ4n) is 2.51. The van der Waals surface area contributed by atoms with Crippen LogP contribution in [0.25, 0.3) is 0 Å². The second-order valence-corrected chi connectivity index (χ2v) is 5.87. The molecule has 0 radical (unpaired) electrons. The molecule has 0 fully saturated rings. The number of halogens is 1. The molecule has 0 unspecified atom stereocenters. The highest BCUT2D eigenvalue weighted by molar-refractivity contribution is 14.1. The lowest BCUT2D eigenvalue weighted by atomic mass is 10.1. The molecule has 1 aromatic heterocycles. The Bertz CT molecular complexity index is 805. The molecule has 3 aromatic rings. The maximum Gasteiger partial charge on any atom is 0.154 e. The molecule has 0 N–H and O–H groups in total. The summed E-state index contributed by atoms with van der Waals surface area (Å²) in [6.07, 6.45) is 3.59. The van der Waals surface area contributed by atoms with Crippen LogP contribution in [0.5, 0.6) is 11.5 Å². The summed E-state index contributed by atoms with van der Waals surface area (Å²) in [7, 11) is 0. The molecular formula is C17H11IN2O. The predicted octanol–water partition coefficient (Wildman–Crippen LogP) is 5.26. The third-order valence-corrected chi connectivity index (χ3v) is 4.28. The van der Waals surface area contributed by atoms with E-state index in [1.54, 1.807) is 6.20 Å². The third-order valence-electron chi connectivity index (χ3n) is 3.41. The quantitative estimate of drug-likeness (QED) is 0.417. The molecule has 2 aromatic carbocycles. The first-order valence-electron chi connectivity index (χ1n) is 6.60. The molecule has 3 nitrogen and oxygen atoms in total. The predicted molar refractivity (Wildman–Crippen MR) is 91.7 cm³/mol. The van der Waals surface area contributed by atoms with Crippen LogP contribution >= 0.6 is 22.6 Å². The van der Waals surface area contributed by atoms with Crippen LogP contribution in [-0.2, 0) is 0 Å². The fourth-order valence-corrected chi connectivity index (χ4v) is 3.22. The molecule has 2 heterocycles. The Morgan fingerprint density at radius 1 is 0.905 bits per heavy atom. The first-order valence-corrected chi connectivity index (χ1v) is 7.68. The first-order chi connectivity index (χ1) is 10.3. The summed E-state index contributed by atoms with van der Waals surface area (Å²) in [6.45, 7) is 0. The Labute approximate surface area is 136 Å². The SMILES string of the molecule is Ic1cccc2c1N(c1ccccc1)c1cnccc1O2. The Balaban J connectivity index is 2.01. The number of hydrogen-bond acceptors (Lipinski definition) is 3. The molecular weight excluding hydrogens is 375 g/mol. The maximum atomic E-state index is 6.02. The number of fused-ring (bicyclic) bond motifs is 2. The van der Waals surface area contributed by atoms with Gasteiger partial charge in [0.05, 0.1) is 6.20 Å².